The van der Waals surface area contributed by atoms with Crippen molar-refractivity contribution in [3.63, 3.8) is 0 Å². The van der Waals surface area contributed by atoms with Gasteiger partial charge in [0.05, 0.1) is 15.7 Å². The van der Waals surface area contributed by atoms with Crippen LogP contribution in [0.1, 0.15) is 27.2 Å². The van der Waals surface area contributed by atoms with Gasteiger partial charge in [-0.1, -0.05) is 23.7 Å². The van der Waals surface area contributed by atoms with Crippen molar-refractivity contribution in [3.05, 3.63) is 50.2 Å². The Morgan fingerprint density at radius 3 is 2.74 bits per heavy atom. The zero-order valence-corrected chi connectivity index (χ0v) is 12.7. The molecule has 1 aromatic heterocycles. The lowest BCUT2D eigenvalue weighted by Crippen LogP contribution is -2.20. The van der Waals surface area contributed by atoms with Crippen LogP contribution in [0, 0.1) is 19.7 Å². The molecule has 1 atom stereocenters. The summed E-state index contributed by atoms with van der Waals surface area (Å²) in [6.45, 7) is 4.04. The molecule has 1 unspecified atom stereocenters. The SMILES string of the molecule is CNC(Cc1nc(C)c(C)s1)c1cccc(Cl)c1F. The minimum absolute atomic E-state index is 0.122. The summed E-state index contributed by atoms with van der Waals surface area (Å²) in [5.41, 5.74) is 1.63. The lowest BCUT2D eigenvalue weighted by Gasteiger charge is -2.16. The quantitative estimate of drug-likeness (QED) is 0.921. The number of nitrogens with one attached hydrogen (secondary N) is 1. The highest BCUT2D eigenvalue weighted by Gasteiger charge is 2.18. The Balaban J connectivity index is 2.27. The molecule has 0 fully saturated rings. The number of hydrogen-bond donors (Lipinski definition) is 1. The van der Waals surface area contributed by atoms with Crippen LogP contribution >= 0.6 is 22.9 Å². The molecule has 0 radical (unpaired) electrons. The van der Waals surface area contributed by atoms with E-state index in [1.165, 1.54) is 4.88 Å². The molecule has 2 rings (SSSR count). The summed E-state index contributed by atoms with van der Waals surface area (Å²) in [4.78, 5) is 5.70. The minimum Gasteiger partial charge on any atom is -0.313 e. The number of hydrogen-bond acceptors (Lipinski definition) is 3. The first-order chi connectivity index (χ1) is 9.02. The number of thiazole rings is 1. The molecule has 0 saturated heterocycles. The normalized spacial score (nSPS) is 12.7. The van der Waals surface area contributed by atoms with E-state index in [0.717, 1.165) is 10.7 Å². The average Bonchev–Trinajstić information content (AvgIpc) is 2.69. The van der Waals surface area contributed by atoms with Crippen LogP contribution in [0.25, 0.3) is 0 Å². The van der Waals surface area contributed by atoms with E-state index in [2.05, 4.69) is 10.3 Å². The van der Waals surface area contributed by atoms with Gasteiger partial charge in [0.15, 0.2) is 0 Å². The van der Waals surface area contributed by atoms with Crippen LogP contribution in [0.2, 0.25) is 5.02 Å². The molecule has 19 heavy (non-hydrogen) atoms. The van der Waals surface area contributed by atoms with Gasteiger partial charge in [0.1, 0.15) is 5.82 Å². The minimum atomic E-state index is -0.353. The molecule has 102 valence electrons. The first-order valence-electron chi connectivity index (χ1n) is 6.07. The van der Waals surface area contributed by atoms with Gasteiger partial charge in [-0.2, -0.15) is 0 Å². The molecule has 1 heterocycles. The second-order valence-electron chi connectivity index (χ2n) is 4.44. The zero-order chi connectivity index (χ0) is 14.0. The first-order valence-corrected chi connectivity index (χ1v) is 7.26. The number of likely N-dealkylation sites (N-methyl/N-ethyl adjacent to an activating group) is 1. The van der Waals surface area contributed by atoms with Gasteiger partial charge in [0, 0.05) is 22.9 Å². The fraction of sp³-hybridized carbons (Fsp3) is 0.357. The predicted molar refractivity (Wildman–Crippen MR) is 78.5 cm³/mol. The van der Waals surface area contributed by atoms with Crippen LogP contribution in [-0.2, 0) is 6.42 Å². The largest absolute Gasteiger partial charge is 0.313 e. The Kier molecular flexibility index (Phi) is 4.55. The van der Waals surface area contributed by atoms with Crippen molar-refractivity contribution in [2.75, 3.05) is 7.05 Å². The van der Waals surface area contributed by atoms with Crippen molar-refractivity contribution in [3.8, 4) is 0 Å². The summed E-state index contributed by atoms with van der Waals surface area (Å²) in [5.74, 6) is -0.353. The topological polar surface area (TPSA) is 24.9 Å². The van der Waals surface area contributed by atoms with Gasteiger partial charge in [0.25, 0.3) is 0 Å². The summed E-state index contributed by atoms with van der Waals surface area (Å²) in [6, 6.07) is 4.97. The Bertz CT molecular complexity index is 563. The molecular weight excluding hydrogens is 283 g/mol. The predicted octanol–water partition coefficient (Wildman–Crippen LogP) is 4.06. The maximum absolute atomic E-state index is 14.0. The zero-order valence-electron chi connectivity index (χ0n) is 11.1. The molecule has 5 heteroatoms. The summed E-state index contributed by atoms with van der Waals surface area (Å²) < 4.78 is 14.0. The molecule has 0 spiro atoms. The smallest absolute Gasteiger partial charge is 0.146 e. The Morgan fingerprint density at radius 1 is 1.42 bits per heavy atom. The Labute approximate surface area is 121 Å². The second kappa shape index (κ2) is 5.99. The van der Waals surface area contributed by atoms with E-state index in [1.54, 1.807) is 29.5 Å². The lowest BCUT2D eigenvalue weighted by atomic mass is 10.0. The van der Waals surface area contributed by atoms with Gasteiger partial charge in [0.2, 0.25) is 0 Å². The summed E-state index contributed by atoms with van der Waals surface area (Å²) in [6.07, 6.45) is 0.660. The van der Waals surface area contributed by atoms with Crippen molar-refractivity contribution in [1.82, 2.24) is 10.3 Å². The average molecular weight is 299 g/mol. The standard InChI is InChI=1S/C14H16ClFN2S/c1-8-9(2)19-13(18-8)7-12(17-3)10-5-4-6-11(15)14(10)16/h4-6,12,17H,7H2,1-3H3. The van der Waals surface area contributed by atoms with Crippen LogP contribution in [0.15, 0.2) is 18.2 Å². The molecule has 2 nitrogen and oxygen atoms in total. The van der Waals surface area contributed by atoms with Crippen molar-refractivity contribution in [2.45, 2.75) is 26.3 Å². The van der Waals surface area contributed by atoms with Crippen LogP contribution < -0.4 is 5.32 Å². The summed E-state index contributed by atoms with van der Waals surface area (Å²) in [7, 11) is 1.82. The van der Waals surface area contributed by atoms with Crippen LogP contribution in [-0.4, -0.2) is 12.0 Å². The second-order valence-corrected chi connectivity index (χ2v) is 6.13. The van der Waals surface area contributed by atoms with E-state index < -0.39 is 0 Å². The van der Waals surface area contributed by atoms with Gasteiger partial charge < -0.3 is 5.32 Å². The Hall–Kier alpha value is -0.970. The third-order valence-corrected chi connectivity index (χ3v) is 4.54. The molecule has 0 aliphatic heterocycles. The third kappa shape index (κ3) is 3.14. The van der Waals surface area contributed by atoms with E-state index in [4.69, 9.17) is 11.6 Å². The molecular formula is C14H16ClFN2S. The highest BCUT2D eigenvalue weighted by atomic mass is 35.5. The number of nitrogens with zero attached hydrogens (tertiary/aromatic N) is 1. The highest BCUT2D eigenvalue weighted by Crippen LogP contribution is 2.27. The number of halogens is 2. The first kappa shape index (κ1) is 14.4. The van der Waals surface area contributed by atoms with Crippen LogP contribution in [0.4, 0.5) is 4.39 Å². The maximum Gasteiger partial charge on any atom is 0.146 e. The lowest BCUT2D eigenvalue weighted by molar-refractivity contribution is 0.533. The third-order valence-electron chi connectivity index (χ3n) is 3.16. The van der Waals surface area contributed by atoms with Gasteiger partial charge in [-0.05, 0) is 27.0 Å². The monoisotopic (exact) mass is 298 g/mol. The van der Waals surface area contributed by atoms with E-state index in [9.17, 15) is 4.39 Å². The van der Waals surface area contributed by atoms with Crippen molar-refractivity contribution < 1.29 is 4.39 Å². The maximum atomic E-state index is 14.0. The van der Waals surface area contributed by atoms with Crippen molar-refractivity contribution in [2.24, 2.45) is 0 Å². The van der Waals surface area contributed by atoms with Crippen LogP contribution in [0.3, 0.4) is 0 Å². The molecule has 0 amide bonds. The van der Waals surface area contributed by atoms with Gasteiger partial charge in [-0.25, -0.2) is 9.37 Å². The molecule has 0 aliphatic carbocycles. The highest BCUT2D eigenvalue weighted by molar-refractivity contribution is 7.11. The van der Waals surface area contributed by atoms with Gasteiger partial charge in [-0.3, -0.25) is 0 Å². The number of benzene rings is 1. The van der Waals surface area contributed by atoms with Gasteiger partial charge in [-0.15, -0.1) is 11.3 Å². The molecule has 2 aromatic rings. The molecule has 0 saturated carbocycles. The molecule has 0 bridgehead atoms. The van der Waals surface area contributed by atoms with E-state index in [1.807, 2.05) is 20.9 Å². The molecule has 1 N–H and O–H groups in total. The summed E-state index contributed by atoms with van der Waals surface area (Å²) in [5, 5.41) is 4.30. The fourth-order valence-corrected chi connectivity index (χ4v) is 3.12. The van der Waals surface area contributed by atoms with Crippen LogP contribution in [0.5, 0.6) is 0 Å². The van der Waals surface area contributed by atoms with Crippen molar-refractivity contribution >= 4 is 22.9 Å². The summed E-state index contributed by atoms with van der Waals surface area (Å²) >= 11 is 7.49. The fourth-order valence-electron chi connectivity index (χ4n) is 1.96. The van der Waals surface area contributed by atoms with Crippen molar-refractivity contribution in [1.29, 1.82) is 0 Å². The Morgan fingerprint density at radius 2 is 2.16 bits per heavy atom. The molecule has 0 aliphatic rings. The van der Waals surface area contributed by atoms with E-state index >= 15 is 0 Å². The van der Waals surface area contributed by atoms with E-state index in [0.29, 0.717) is 12.0 Å². The number of aryl methyl sites for hydroxylation is 2. The number of rotatable bonds is 4. The van der Waals surface area contributed by atoms with E-state index in [-0.39, 0.29) is 16.9 Å². The number of aromatic nitrogens is 1. The molecule has 1 aromatic carbocycles. The van der Waals surface area contributed by atoms with Gasteiger partial charge >= 0.3 is 0 Å².